The van der Waals surface area contributed by atoms with Crippen molar-refractivity contribution in [3.63, 3.8) is 0 Å². The van der Waals surface area contributed by atoms with Gasteiger partial charge in [0.2, 0.25) is 0 Å². The summed E-state index contributed by atoms with van der Waals surface area (Å²) in [4.78, 5) is 31.2. The molecule has 0 saturated carbocycles. The Morgan fingerprint density at radius 3 is 2.50 bits per heavy atom. The molecule has 1 aromatic carbocycles. The number of carbonyl (C=O) groups is 1. The predicted molar refractivity (Wildman–Crippen MR) is 85.2 cm³/mol. The Labute approximate surface area is 133 Å². The van der Waals surface area contributed by atoms with Crippen LogP contribution in [-0.2, 0) is 11.2 Å². The maximum absolute atomic E-state index is 12.3. The first-order chi connectivity index (χ1) is 10.4. The molecule has 0 unspecified atom stereocenters. The van der Waals surface area contributed by atoms with E-state index in [1.165, 1.54) is 7.11 Å². The molecule has 0 aliphatic carbocycles. The second kappa shape index (κ2) is 6.75. The van der Waals surface area contributed by atoms with E-state index in [0.717, 1.165) is 5.56 Å². The maximum Gasteiger partial charge on any atom is 0.345 e. The lowest BCUT2D eigenvalue weighted by Crippen LogP contribution is -2.24. The van der Waals surface area contributed by atoms with Crippen LogP contribution in [0.4, 0.5) is 0 Å². The van der Waals surface area contributed by atoms with Gasteiger partial charge in [0.15, 0.2) is 0 Å². The summed E-state index contributed by atoms with van der Waals surface area (Å²) >= 11 is 5.86. The molecule has 0 fully saturated rings. The number of methoxy groups -OCH3 is 1. The zero-order valence-corrected chi connectivity index (χ0v) is 13.4. The molecular weight excluding hydrogens is 304 g/mol. The van der Waals surface area contributed by atoms with Crippen LogP contribution in [0.25, 0.3) is 11.4 Å². The van der Waals surface area contributed by atoms with E-state index in [2.05, 4.69) is 14.7 Å². The quantitative estimate of drug-likeness (QED) is 0.879. The van der Waals surface area contributed by atoms with Gasteiger partial charge in [0.1, 0.15) is 11.4 Å². The molecule has 0 radical (unpaired) electrons. The molecule has 1 N–H and O–H groups in total. The summed E-state index contributed by atoms with van der Waals surface area (Å²) in [6, 6.07) is 6.95. The number of halogens is 1. The molecule has 0 bridgehead atoms. The minimum Gasteiger partial charge on any atom is -0.465 e. The van der Waals surface area contributed by atoms with E-state index in [1.807, 2.05) is 13.8 Å². The van der Waals surface area contributed by atoms with Gasteiger partial charge in [0, 0.05) is 10.6 Å². The van der Waals surface area contributed by atoms with Crippen LogP contribution in [0, 0.1) is 5.92 Å². The van der Waals surface area contributed by atoms with Crippen LogP contribution >= 0.6 is 11.6 Å². The molecule has 22 heavy (non-hydrogen) atoms. The van der Waals surface area contributed by atoms with Crippen molar-refractivity contribution in [3.05, 3.63) is 50.9 Å². The Morgan fingerprint density at radius 2 is 1.95 bits per heavy atom. The van der Waals surface area contributed by atoms with Crippen molar-refractivity contribution in [2.75, 3.05) is 7.11 Å². The summed E-state index contributed by atoms with van der Waals surface area (Å²) in [6.45, 7) is 3.98. The molecule has 5 nitrogen and oxygen atoms in total. The van der Waals surface area contributed by atoms with Crippen molar-refractivity contribution in [2.24, 2.45) is 5.92 Å². The number of H-pyrrole nitrogens is 1. The van der Waals surface area contributed by atoms with E-state index in [0.29, 0.717) is 23.0 Å². The van der Waals surface area contributed by atoms with Gasteiger partial charge in [-0.1, -0.05) is 25.4 Å². The molecule has 0 spiro atoms. The SMILES string of the molecule is COC(=O)c1c(CC(C)C)nc(-c2ccc(Cl)cc2)[nH]c1=O. The fourth-order valence-electron chi connectivity index (χ4n) is 2.11. The molecule has 2 aromatic rings. The lowest BCUT2D eigenvalue weighted by atomic mass is 10.0. The topological polar surface area (TPSA) is 72.0 Å². The Bertz CT molecular complexity index is 736. The fraction of sp³-hybridized carbons (Fsp3) is 0.312. The van der Waals surface area contributed by atoms with Gasteiger partial charge < -0.3 is 9.72 Å². The van der Waals surface area contributed by atoms with Crippen LogP contribution < -0.4 is 5.56 Å². The third-order valence-electron chi connectivity index (χ3n) is 3.10. The van der Waals surface area contributed by atoms with Crippen molar-refractivity contribution in [2.45, 2.75) is 20.3 Å². The lowest BCUT2D eigenvalue weighted by Gasteiger charge is -2.11. The predicted octanol–water partition coefficient (Wildman–Crippen LogP) is 3.08. The van der Waals surface area contributed by atoms with Gasteiger partial charge in [0.25, 0.3) is 5.56 Å². The minimum absolute atomic E-state index is 0.0334. The van der Waals surface area contributed by atoms with Crippen LogP contribution in [0.15, 0.2) is 29.1 Å². The molecule has 6 heteroatoms. The first-order valence-electron chi connectivity index (χ1n) is 6.89. The normalized spacial score (nSPS) is 10.8. The number of nitrogens with one attached hydrogen (secondary N) is 1. The molecule has 0 aliphatic heterocycles. The summed E-state index contributed by atoms with van der Waals surface area (Å²) in [5.41, 5.74) is 0.634. The molecule has 1 heterocycles. The van der Waals surface area contributed by atoms with E-state index in [-0.39, 0.29) is 11.5 Å². The number of benzene rings is 1. The number of rotatable bonds is 4. The number of carbonyl (C=O) groups excluding carboxylic acids is 1. The second-order valence-corrected chi connectivity index (χ2v) is 5.77. The highest BCUT2D eigenvalue weighted by atomic mass is 35.5. The summed E-state index contributed by atoms with van der Waals surface area (Å²) in [7, 11) is 1.24. The summed E-state index contributed by atoms with van der Waals surface area (Å²) in [5.74, 6) is -0.0206. The zero-order chi connectivity index (χ0) is 16.3. The number of aromatic nitrogens is 2. The van der Waals surface area contributed by atoms with Gasteiger partial charge in [-0.25, -0.2) is 9.78 Å². The zero-order valence-electron chi connectivity index (χ0n) is 12.6. The van der Waals surface area contributed by atoms with Gasteiger partial charge in [-0.3, -0.25) is 4.79 Å². The van der Waals surface area contributed by atoms with E-state index < -0.39 is 11.5 Å². The number of hydrogen-bond acceptors (Lipinski definition) is 4. The Morgan fingerprint density at radius 1 is 1.32 bits per heavy atom. The van der Waals surface area contributed by atoms with Crippen LogP contribution in [0.1, 0.15) is 29.9 Å². The standard InChI is InChI=1S/C16H17ClN2O3/c1-9(2)8-12-13(16(21)22-3)15(20)19-14(18-12)10-4-6-11(17)7-5-10/h4-7,9H,8H2,1-3H3,(H,18,19,20). The molecule has 116 valence electrons. The average molecular weight is 321 g/mol. The van der Waals surface area contributed by atoms with Gasteiger partial charge in [-0.2, -0.15) is 0 Å². The molecule has 0 aliphatic rings. The van der Waals surface area contributed by atoms with Crippen molar-refractivity contribution >= 4 is 17.6 Å². The van der Waals surface area contributed by atoms with Crippen molar-refractivity contribution in [1.82, 2.24) is 9.97 Å². The van der Waals surface area contributed by atoms with Gasteiger partial charge >= 0.3 is 5.97 Å². The number of hydrogen-bond donors (Lipinski definition) is 1. The molecule has 0 saturated heterocycles. The van der Waals surface area contributed by atoms with E-state index in [4.69, 9.17) is 11.6 Å². The maximum atomic E-state index is 12.3. The monoisotopic (exact) mass is 320 g/mol. The second-order valence-electron chi connectivity index (χ2n) is 5.33. The Balaban J connectivity index is 2.59. The van der Waals surface area contributed by atoms with Gasteiger partial charge in [-0.15, -0.1) is 0 Å². The van der Waals surface area contributed by atoms with E-state index >= 15 is 0 Å². The van der Waals surface area contributed by atoms with Crippen LogP contribution in [-0.4, -0.2) is 23.0 Å². The van der Waals surface area contributed by atoms with Crippen LogP contribution in [0.2, 0.25) is 5.02 Å². The number of nitrogens with zero attached hydrogens (tertiary/aromatic N) is 1. The molecule has 0 amide bonds. The first-order valence-corrected chi connectivity index (χ1v) is 7.27. The number of ether oxygens (including phenoxy) is 1. The Hall–Kier alpha value is -2.14. The highest BCUT2D eigenvalue weighted by Gasteiger charge is 2.20. The van der Waals surface area contributed by atoms with Crippen molar-refractivity contribution in [1.29, 1.82) is 0 Å². The third kappa shape index (κ3) is 3.54. The summed E-state index contributed by atoms with van der Waals surface area (Å²) < 4.78 is 4.68. The Kier molecular flexibility index (Phi) is 4.98. The third-order valence-corrected chi connectivity index (χ3v) is 3.36. The largest absolute Gasteiger partial charge is 0.465 e. The first kappa shape index (κ1) is 16.2. The summed E-state index contributed by atoms with van der Waals surface area (Å²) in [6.07, 6.45) is 0.509. The molecule has 2 rings (SSSR count). The van der Waals surface area contributed by atoms with Crippen LogP contribution in [0.3, 0.4) is 0 Å². The average Bonchev–Trinajstić information content (AvgIpc) is 2.46. The lowest BCUT2D eigenvalue weighted by molar-refractivity contribution is 0.0596. The smallest absolute Gasteiger partial charge is 0.345 e. The minimum atomic E-state index is -0.674. The fourth-order valence-corrected chi connectivity index (χ4v) is 2.24. The highest BCUT2D eigenvalue weighted by molar-refractivity contribution is 6.30. The van der Waals surface area contributed by atoms with Crippen LogP contribution in [0.5, 0.6) is 0 Å². The van der Waals surface area contributed by atoms with Gasteiger partial charge in [-0.05, 0) is 36.6 Å². The summed E-state index contributed by atoms with van der Waals surface area (Å²) in [5, 5.41) is 0.597. The van der Waals surface area contributed by atoms with Crippen molar-refractivity contribution in [3.8, 4) is 11.4 Å². The molecule has 1 aromatic heterocycles. The highest BCUT2D eigenvalue weighted by Crippen LogP contribution is 2.19. The van der Waals surface area contributed by atoms with Gasteiger partial charge in [0.05, 0.1) is 12.8 Å². The van der Waals surface area contributed by atoms with E-state index in [1.54, 1.807) is 24.3 Å². The van der Waals surface area contributed by atoms with Crippen molar-refractivity contribution < 1.29 is 9.53 Å². The number of esters is 1. The van der Waals surface area contributed by atoms with E-state index in [9.17, 15) is 9.59 Å². The molecule has 0 atom stereocenters. The molecular formula is C16H17ClN2O3. The number of aromatic amines is 1.